The maximum Gasteiger partial charge on any atom is 0.352 e. The van der Waals surface area contributed by atoms with Gasteiger partial charge < -0.3 is 23.6 Å². The first kappa shape index (κ1) is 21.1. The fraction of sp³-hybridized carbons (Fsp3) is 0.750. The van der Waals surface area contributed by atoms with Crippen LogP contribution in [0.4, 0.5) is 0 Å². The van der Waals surface area contributed by atoms with Crippen LogP contribution >= 0.6 is 7.60 Å². The summed E-state index contributed by atoms with van der Waals surface area (Å²) < 4.78 is 35.7. The summed E-state index contributed by atoms with van der Waals surface area (Å²) in [6.45, 7) is 5.54. The van der Waals surface area contributed by atoms with Crippen LogP contribution in [0.2, 0.25) is 0 Å². The largest absolute Gasteiger partial charge is 0.481 e. The predicted molar refractivity (Wildman–Crippen MR) is 94.6 cm³/mol. The van der Waals surface area contributed by atoms with Gasteiger partial charge in [-0.1, -0.05) is 0 Å². The number of aryl methyl sites for hydroxylation is 1. The van der Waals surface area contributed by atoms with Gasteiger partial charge in [-0.25, -0.2) is 4.79 Å². The van der Waals surface area contributed by atoms with Crippen molar-refractivity contribution in [2.45, 2.75) is 39.5 Å². The lowest BCUT2D eigenvalue weighted by Crippen LogP contribution is -2.28. The second-order valence-corrected chi connectivity index (χ2v) is 8.16. The number of hydrogen-bond donors (Lipinski definition) is 1. The Kier molecular flexibility index (Phi) is 7.37. The molecule has 1 aromatic rings. The van der Waals surface area contributed by atoms with Crippen LogP contribution in [0.3, 0.4) is 0 Å². The van der Waals surface area contributed by atoms with Crippen molar-refractivity contribution in [1.29, 1.82) is 0 Å². The molecule has 2 heterocycles. The molecule has 1 N–H and O–H groups in total. The van der Waals surface area contributed by atoms with E-state index in [0.29, 0.717) is 12.0 Å². The van der Waals surface area contributed by atoms with E-state index in [4.69, 9.17) is 18.5 Å². The van der Waals surface area contributed by atoms with Crippen molar-refractivity contribution in [3.63, 3.8) is 0 Å². The van der Waals surface area contributed by atoms with Gasteiger partial charge in [0.1, 0.15) is 6.23 Å². The van der Waals surface area contributed by atoms with Crippen LogP contribution in [0.5, 0.6) is 5.88 Å². The Morgan fingerprint density at radius 3 is 2.58 bits per heavy atom. The molecule has 26 heavy (non-hydrogen) atoms. The number of ether oxygens (including phenoxy) is 2. The summed E-state index contributed by atoms with van der Waals surface area (Å²) in [5.41, 5.74) is 0.182. The van der Waals surface area contributed by atoms with Crippen molar-refractivity contribution in [3.8, 4) is 5.88 Å². The molecular formula is C16H27N2O7P. The number of aliphatic hydroxyl groups is 1. The van der Waals surface area contributed by atoms with Gasteiger partial charge in [0.05, 0.1) is 39.2 Å². The zero-order valence-electron chi connectivity index (χ0n) is 15.6. The predicted octanol–water partition coefficient (Wildman–Crippen LogP) is 1.72. The van der Waals surface area contributed by atoms with Crippen molar-refractivity contribution < 1.29 is 28.2 Å². The van der Waals surface area contributed by atoms with Gasteiger partial charge in [-0.2, -0.15) is 4.98 Å². The molecule has 10 heteroatoms. The van der Waals surface area contributed by atoms with Gasteiger partial charge in [-0.05, 0) is 27.2 Å². The van der Waals surface area contributed by atoms with Crippen LogP contribution in [0.15, 0.2) is 11.0 Å². The van der Waals surface area contributed by atoms with Gasteiger partial charge in [0.15, 0.2) is 0 Å². The maximum atomic E-state index is 12.8. The van der Waals surface area contributed by atoms with Gasteiger partial charge in [0.2, 0.25) is 5.88 Å². The zero-order valence-corrected chi connectivity index (χ0v) is 16.5. The van der Waals surface area contributed by atoms with E-state index in [1.165, 1.54) is 11.7 Å². The molecule has 0 aliphatic carbocycles. The minimum atomic E-state index is -3.29. The highest BCUT2D eigenvalue weighted by Crippen LogP contribution is 2.52. The quantitative estimate of drug-likeness (QED) is 0.635. The van der Waals surface area contributed by atoms with Crippen molar-refractivity contribution in [2.24, 2.45) is 5.92 Å². The van der Waals surface area contributed by atoms with Crippen molar-refractivity contribution in [2.75, 3.05) is 33.1 Å². The van der Waals surface area contributed by atoms with Crippen LogP contribution in [0.25, 0.3) is 0 Å². The molecule has 1 fully saturated rings. The minimum absolute atomic E-state index is 0.119. The topological polar surface area (TPSA) is 109 Å². The molecule has 0 spiro atoms. The number of hydrogen-bond acceptors (Lipinski definition) is 8. The summed E-state index contributed by atoms with van der Waals surface area (Å²) in [6.07, 6.45) is 0.943. The summed E-state index contributed by atoms with van der Waals surface area (Å²) in [4.78, 5) is 16.1. The number of rotatable bonds is 9. The number of aliphatic hydroxyl groups excluding tert-OH is 1. The van der Waals surface area contributed by atoms with Crippen LogP contribution in [0.1, 0.15) is 32.1 Å². The van der Waals surface area contributed by atoms with Crippen LogP contribution in [-0.2, 0) is 18.3 Å². The Balaban J connectivity index is 2.22. The normalized spacial score (nSPS) is 23.3. The Morgan fingerprint density at radius 2 is 2.04 bits per heavy atom. The summed E-state index contributed by atoms with van der Waals surface area (Å²) >= 11 is 0. The molecule has 0 bridgehead atoms. The third-order valence-electron chi connectivity index (χ3n) is 4.24. The van der Waals surface area contributed by atoms with E-state index in [9.17, 15) is 14.5 Å². The number of aromatic nitrogens is 2. The number of methoxy groups -OCH3 is 1. The average molecular weight is 390 g/mol. The van der Waals surface area contributed by atoms with E-state index in [1.807, 2.05) is 0 Å². The van der Waals surface area contributed by atoms with Gasteiger partial charge >= 0.3 is 13.3 Å². The highest BCUT2D eigenvalue weighted by molar-refractivity contribution is 7.53. The van der Waals surface area contributed by atoms with Gasteiger partial charge in [0.25, 0.3) is 0 Å². The first-order valence-electron chi connectivity index (χ1n) is 8.65. The molecule has 0 unspecified atom stereocenters. The standard InChI is InChI=1S/C16H27N2O7P/c1-5-23-26(21,24-6-2)10-12-7-14(25-13(12)9-19)18-8-11(3)15(22-4)17-16(18)20/h8,12-14,19H,5-7,9-10H2,1-4H3/t12-,13-,14-/m1/s1. The molecule has 3 atom stereocenters. The fourth-order valence-electron chi connectivity index (χ4n) is 3.13. The summed E-state index contributed by atoms with van der Waals surface area (Å²) in [5.74, 6) is -0.0139. The van der Waals surface area contributed by atoms with Crippen molar-refractivity contribution in [1.82, 2.24) is 9.55 Å². The lowest BCUT2D eigenvalue weighted by atomic mass is 10.0. The van der Waals surface area contributed by atoms with Crippen molar-refractivity contribution in [3.05, 3.63) is 22.2 Å². The lowest BCUT2D eigenvalue weighted by molar-refractivity contribution is -0.0316. The van der Waals surface area contributed by atoms with E-state index in [1.54, 1.807) is 27.0 Å². The molecule has 2 rings (SSSR count). The molecule has 0 amide bonds. The molecule has 1 aliphatic heterocycles. The van der Waals surface area contributed by atoms with E-state index in [0.717, 1.165) is 0 Å². The first-order chi connectivity index (χ1) is 12.4. The van der Waals surface area contributed by atoms with Crippen LogP contribution in [-0.4, -0.2) is 53.9 Å². The van der Waals surface area contributed by atoms with Crippen molar-refractivity contribution >= 4 is 7.60 Å². The highest BCUT2D eigenvalue weighted by atomic mass is 31.2. The van der Waals surface area contributed by atoms with Crippen LogP contribution < -0.4 is 10.4 Å². The zero-order chi connectivity index (χ0) is 19.3. The Morgan fingerprint density at radius 1 is 1.38 bits per heavy atom. The molecule has 148 valence electrons. The van der Waals surface area contributed by atoms with Crippen LogP contribution in [0, 0.1) is 12.8 Å². The summed E-state index contributed by atoms with van der Waals surface area (Å²) in [7, 11) is -1.84. The highest BCUT2D eigenvalue weighted by Gasteiger charge is 2.41. The molecule has 0 aromatic carbocycles. The third-order valence-corrected chi connectivity index (χ3v) is 6.46. The Bertz CT molecular complexity index is 698. The average Bonchev–Trinajstić information content (AvgIpc) is 2.99. The molecule has 0 saturated carbocycles. The Labute approximate surface area is 152 Å². The molecule has 1 aromatic heterocycles. The lowest BCUT2D eigenvalue weighted by Gasteiger charge is -2.22. The van der Waals surface area contributed by atoms with E-state index in [-0.39, 0.29) is 37.8 Å². The second-order valence-electron chi connectivity index (χ2n) is 6.06. The van der Waals surface area contributed by atoms with E-state index in [2.05, 4.69) is 4.98 Å². The molecular weight excluding hydrogens is 363 g/mol. The molecule has 1 aliphatic rings. The van der Waals surface area contributed by atoms with Gasteiger partial charge in [-0.3, -0.25) is 9.13 Å². The summed E-state index contributed by atoms with van der Waals surface area (Å²) in [6, 6.07) is 0. The SMILES string of the molecule is CCOP(=O)(C[C@H]1C[C@H](n2cc(C)c(OC)nc2=O)O[C@@H]1CO)OCC. The molecule has 0 radical (unpaired) electrons. The van der Waals surface area contributed by atoms with E-state index < -0.39 is 25.6 Å². The first-order valence-corrected chi connectivity index (χ1v) is 10.4. The Hall–Kier alpha value is -1.25. The number of nitrogens with zero attached hydrogens (tertiary/aromatic N) is 2. The fourth-order valence-corrected chi connectivity index (χ4v) is 5.16. The van der Waals surface area contributed by atoms with E-state index >= 15 is 0 Å². The van der Waals surface area contributed by atoms with Gasteiger partial charge in [0, 0.05) is 17.7 Å². The second kappa shape index (κ2) is 9.10. The monoisotopic (exact) mass is 390 g/mol. The molecule has 9 nitrogen and oxygen atoms in total. The minimum Gasteiger partial charge on any atom is -0.481 e. The van der Waals surface area contributed by atoms with Gasteiger partial charge in [-0.15, -0.1) is 0 Å². The third kappa shape index (κ3) is 4.72. The molecule has 1 saturated heterocycles. The maximum absolute atomic E-state index is 12.8. The summed E-state index contributed by atoms with van der Waals surface area (Å²) in [5, 5.41) is 9.64. The smallest absolute Gasteiger partial charge is 0.352 e.